The Morgan fingerprint density at radius 3 is 2.00 bits per heavy atom. The maximum absolute atomic E-state index is 5.79. The summed E-state index contributed by atoms with van der Waals surface area (Å²) in [6, 6.07) is 0.455. The van der Waals surface area contributed by atoms with E-state index in [-0.39, 0.29) is 22.5 Å². The highest BCUT2D eigenvalue weighted by atomic mass is 79.9. The third kappa shape index (κ3) is 15.2. The van der Waals surface area contributed by atoms with Crippen molar-refractivity contribution in [2.24, 2.45) is 5.73 Å². The van der Waals surface area contributed by atoms with Crippen LogP contribution in [0, 0.1) is 0 Å². The highest BCUT2D eigenvalue weighted by Crippen LogP contribution is 2.07. The first kappa shape index (κ1) is 19.0. The second-order valence-electron chi connectivity index (χ2n) is 3.37. The number of rotatable bonds is 7. The third-order valence-corrected chi connectivity index (χ3v) is 2.20. The molecule has 0 saturated heterocycles. The molecule has 0 aliphatic heterocycles. The largest absolute Gasteiger partial charge is 0.412 e. The Morgan fingerprint density at radius 2 is 1.54 bits per heavy atom. The summed E-state index contributed by atoms with van der Waals surface area (Å²) >= 11 is 0. The van der Waals surface area contributed by atoms with Crippen molar-refractivity contribution < 1.29 is 5.48 Å². The molecule has 84 valence electrons. The lowest BCUT2D eigenvalue weighted by Gasteiger charge is -2.06. The molecule has 1 atom stereocenters. The molecule has 0 aromatic rings. The number of nitrogens with two attached hydrogens (primary N) is 1. The zero-order chi connectivity index (χ0) is 8.53. The molecular weight excluding hydrogens is 230 g/mol. The van der Waals surface area contributed by atoms with Crippen LogP contribution in [0.3, 0.4) is 0 Å². The second-order valence-corrected chi connectivity index (χ2v) is 3.37. The van der Waals surface area contributed by atoms with Crippen LogP contribution in [0.1, 0.15) is 58.8 Å². The zero-order valence-corrected chi connectivity index (χ0v) is 10.7. The predicted octanol–water partition coefficient (Wildman–Crippen LogP) is 2.84. The molecular formula is C10H26BrNO. The van der Waals surface area contributed by atoms with E-state index in [9.17, 15) is 0 Å². The third-order valence-electron chi connectivity index (χ3n) is 2.20. The van der Waals surface area contributed by atoms with Gasteiger partial charge in [0, 0.05) is 6.04 Å². The molecule has 0 aromatic carbocycles. The van der Waals surface area contributed by atoms with E-state index in [0.717, 1.165) is 6.42 Å². The molecule has 13 heavy (non-hydrogen) atoms. The Bertz CT molecular complexity index is 81.3. The van der Waals surface area contributed by atoms with Crippen LogP contribution < -0.4 is 5.73 Å². The fourth-order valence-corrected chi connectivity index (χ4v) is 1.21. The molecule has 0 heterocycles. The summed E-state index contributed by atoms with van der Waals surface area (Å²) in [5.74, 6) is 0. The summed E-state index contributed by atoms with van der Waals surface area (Å²) in [6.45, 7) is 4.41. The molecule has 0 aromatic heterocycles. The van der Waals surface area contributed by atoms with E-state index in [4.69, 9.17) is 5.73 Å². The summed E-state index contributed by atoms with van der Waals surface area (Å²) in [5.41, 5.74) is 5.79. The first-order valence-corrected chi connectivity index (χ1v) is 5.06. The second kappa shape index (κ2) is 14.9. The van der Waals surface area contributed by atoms with Crippen LogP contribution in [0.5, 0.6) is 0 Å². The minimum absolute atomic E-state index is 0. The molecule has 0 aliphatic carbocycles. The van der Waals surface area contributed by atoms with Gasteiger partial charge in [-0.25, -0.2) is 0 Å². The van der Waals surface area contributed by atoms with Gasteiger partial charge in [-0.2, -0.15) is 0 Å². The molecule has 0 aliphatic rings. The molecule has 0 rings (SSSR count). The van der Waals surface area contributed by atoms with Crippen molar-refractivity contribution in [2.75, 3.05) is 0 Å². The Labute approximate surface area is 93.4 Å². The molecule has 2 nitrogen and oxygen atoms in total. The Kier molecular flexibility index (Phi) is 21.8. The predicted molar refractivity (Wildman–Crippen MR) is 65.6 cm³/mol. The smallest absolute Gasteiger partial charge is 0.00362 e. The zero-order valence-electron chi connectivity index (χ0n) is 9.01. The van der Waals surface area contributed by atoms with Crippen molar-refractivity contribution in [1.82, 2.24) is 0 Å². The van der Waals surface area contributed by atoms with E-state index in [2.05, 4.69) is 13.8 Å². The SMILES string of the molecule is Br.CCCCCCCC(N)CC.O. The molecule has 0 saturated carbocycles. The maximum Gasteiger partial charge on any atom is 0.00362 e. The van der Waals surface area contributed by atoms with Crippen molar-refractivity contribution in [1.29, 1.82) is 0 Å². The van der Waals surface area contributed by atoms with Gasteiger partial charge in [-0.3, -0.25) is 0 Å². The fourth-order valence-electron chi connectivity index (χ4n) is 1.21. The van der Waals surface area contributed by atoms with E-state index >= 15 is 0 Å². The summed E-state index contributed by atoms with van der Waals surface area (Å²) in [5, 5.41) is 0. The maximum atomic E-state index is 5.79. The van der Waals surface area contributed by atoms with E-state index in [1.807, 2.05) is 0 Å². The van der Waals surface area contributed by atoms with Gasteiger partial charge >= 0.3 is 0 Å². The van der Waals surface area contributed by atoms with Gasteiger partial charge in [0.25, 0.3) is 0 Å². The lowest BCUT2D eigenvalue weighted by atomic mass is 10.1. The molecule has 4 N–H and O–H groups in total. The van der Waals surface area contributed by atoms with Crippen LogP contribution in [0.4, 0.5) is 0 Å². The van der Waals surface area contributed by atoms with Crippen molar-refractivity contribution in [3.8, 4) is 0 Å². The van der Waals surface area contributed by atoms with Crippen LogP contribution in [-0.4, -0.2) is 11.5 Å². The molecule has 0 fully saturated rings. The monoisotopic (exact) mass is 255 g/mol. The van der Waals surface area contributed by atoms with Gasteiger partial charge in [0.15, 0.2) is 0 Å². The highest BCUT2D eigenvalue weighted by Gasteiger charge is 1.97. The van der Waals surface area contributed by atoms with Gasteiger partial charge in [0.1, 0.15) is 0 Å². The quantitative estimate of drug-likeness (QED) is 0.699. The minimum atomic E-state index is 0. The summed E-state index contributed by atoms with van der Waals surface area (Å²) in [6.07, 6.45) is 9.18. The number of unbranched alkanes of at least 4 members (excludes halogenated alkanes) is 4. The molecule has 3 heteroatoms. The summed E-state index contributed by atoms with van der Waals surface area (Å²) in [4.78, 5) is 0. The number of halogens is 1. The Morgan fingerprint density at radius 1 is 1.00 bits per heavy atom. The standard InChI is InChI=1S/C10H23N.BrH.H2O/c1-3-5-6-7-8-9-10(11)4-2;;/h10H,3-9,11H2,1-2H3;1H;1H2. The van der Waals surface area contributed by atoms with Crippen molar-refractivity contribution >= 4 is 17.0 Å². The van der Waals surface area contributed by atoms with Gasteiger partial charge in [-0.1, -0.05) is 46.0 Å². The van der Waals surface area contributed by atoms with E-state index < -0.39 is 0 Å². The van der Waals surface area contributed by atoms with Crippen LogP contribution in [-0.2, 0) is 0 Å². The van der Waals surface area contributed by atoms with Crippen molar-refractivity contribution in [3.63, 3.8) is 0 Å². The van der Waals surface area contributed by atoms with E-state index in [1.165, 1.54) is 38.5 Å². The first-order chi connectivity index (χ1) is 5.31. The van der Waals surface area contributed by atoms with Crippen LogP contribution >= 0.6 is 17.0 Å². The fraction of sp³-hybridized carbons (Fsp3) is 1.00. The van der Waals surface area contributed by atoms with E-state index in [0.29, 0.717) is 6.04 Å². The number of hydrogen-bond acceptors (Lipinski definition) is 1. The van der Waals surface area contributed by atoms with Gasteiger partial charge in [0.2, 0.25) is 0 Å². The van der Waals surface area contributed by atoms with Crippen LogP contribution in [0.15, 0.2) is 0 Å². The summed E-state index contributed by atoms with van der Waals surface area (Å²) in [7, 11) is 0. The lowest BCUT2D eigenvalue weighted by molar-refractivity contribution is 0.531. The Balaban J connectivity index is -0.000000500. The number of hydrogen-bond donors (Lipinski definition) is 1. The normalized spacial score (nSPS) is 11.3. The van der Waals surface area contributed by atoms with Gasteiger partial charge in [-0.05, 0) is 12.8 Å². The topological polar surface area (TPSA) is 57.5 Å². The van der Waals surface area contributed by atoms with Crippen molar-refractivity contribution in [3.05, 3.63) is 0 Å². The first-order valence-electron chi connectivity index (χ1n) is 5.06. The lowest BCUT2D eigenvalue weighted by Crippen LogP contribution is -2.17. The van der Waals surface area contributed by atoms with Gasteiger partial charge < -0.3 is 11.2 Å². The van der Waals surface area contributed by atoms with Crippen LogP contribution in [0.2, 0.25) is 0 Å². The summed E-state index contributed by atoms with van der Waals surface area (Å²) < 4.78 is 0. The minimum Gasteiger partial charge on any atom is -0.412 e. The van der Waals surface area contributed by atoms with Gasteiger partial charge in [-0.15, -0.1) is 17.0 Å². The average molecular weight is 256 g/mol. The molecule has 0 bridgehead atoms. The highest BCUT2D eigenvalue weighted by molar-refractivity contribution is 8.93. The van der Waals surface area contributed by atoms with Crippen molar-refractivity contribution in [2.45, 2.75) is 64.8 Å². The van der Waals surface area contributed by atoms with E-state index in [1.54, 1.807) is 0 Å². The molecule has 0 radical (unpaired) electrons. The van der Waals surface area contributed by atoms with Crippen LogP contribution in [0.25, 0.3) is 0 Å². The molecule has 0 spiro atoms. The molecule has 1 unspecified atom stereocenters. The Hall–Kier alpha value is 0.400. The van der Waals surface area contributed by atoms with Gasteiger partial charge in [0.05, 0.1) is 0 Å². The average Bonchev–Trinajstić information content (AvgIpc) is 2.04. The molecule has 0 amide bonds.